The van der Waals surface area contributed by atoms with Gasteiger partial charge in [-0.3, -0.25) is 0 Å². The van der Waals surface area contributed by atoms with Gasteiger partial charge in [-0.1, -0.05) is 26.0 Å². The van der Waals surface area contributed by atoms with Crippen molar-refractivity contribution in [2.45, 2.75) is 26.3 Å². The van der Waals surface area contributed by atoms with E-state index < -0.39 is 0 Å². The van der Waals surface area contributed by atoms with E-state index in [-0.39, 0.29) is 0 Å². The molecule has 0 amide bonds. The topological polar surface area (TPSA) is 65.4 Å². The molecule has 0 bridgehead atoms. The fourth-order valence-corrected chi connectivity index (χ4v) is 2.13. The Hall–Kier alpha value is -2.40. The Morgan fingerprint density at radius 1 is 1.29 bits per heavy atom. The maximum atomic E-state index is 5.90. The average molecular weight is 282 g/mol. The quantitative estimate of drug-likeness (QED) is 0.798. The first kappa shape index (κ1) is 13.6. The first-order valence-electron chi connectivity index (χ1n) is 6.98. The first-order valence-corrected chi connectivity index (χ1v) is 6.98. The van der Waals surface area contributed by atoms with E-state index in [1.165, 1.54) is 0 Å². The molecular formula is C16H18N4O. The maximum absolute atomic E-state index is 5.90. The minimum absolute atomic E-state index is 0.360. The van der Waals surface area contributed by atoms with Gasteiger partial charge in [-0.2, -0.15) is 5.10 Å². The number of rotatable bonds is 4. The predicted octanol–water partition coefficient (Wildman–Crippen LogP) is 3.10. The Morgan fingerprint density at radius 2 is 2.14 bits per heavy atom. The summed E-state index contributed by atoms with van der Waals surface area (Å²) in [6.07, 6.45) is 3.51. The van der Waals surface area contributed by atoms with Gasteiger partial charge in [0.25, 0.3) is 0 Å². The van der Waals surface area contributed by atoms with E-state index >= 15 is 0 Å². The highest BCUT2D eigenvalue weighted by Gasteiger charge is 2.11. The number of hydrogen-bond donors (Lipinski definition) is 1. The van der Waals surface area contributed by atoms with Crippen molar-refractivity contribution in [3.05, 3.63) is 54.0 Å². The lowest BCUT2D eigenvalue weighted by atomic mass is 10.1. The SMILES string of the molecule is CC(C)c1cc2c(Oc3cccc(CN)c3)nccn2n1. The number of benzene rings is 1. The van der Waals surface area contributed by atoms with Crippen LogP contribution in [0.1, 0.15) is 31.0 Å². The molecule has 0 radical (unpaired) electrons. The lowest BCUT2D eigenvalue weighted by Crippen LogP contribution is -1.97. The van der Waals surface area contributed by atoms with E-state index in [9.17, 15) is 0 Å². The third-order valence-electron chi connectivity index (χ3n) is 3.31. The van der Waals surface area contributed by atoms with Gasteiger partial charge in [0.1, 0.15) is 11.3 Å². The number of aromatic nitrogens is 3. The lowest BCUT2D eigenvalue weighted by Gasteiger charge is -2.06. The Bertz CT molecular complexity index is 764. The van der Waals surface area contributed by atoms with Crippen molar-refractivity contribution in [2.24, 2.45) is 5.73 Å². The van der Waals surface area contributed by atoms with Gasteiger partial charge < -0.3 is 10.5 Å². The smallest absolute Gasteiger partial charge is 0.245 e. The van der Waals surface area contributed by atoms with Crippen molar-refractivity contribution in [1.29, 1.82) is 0 Å². The van der Waals surface area contributed by atoms with Gasteiger partial charge in [-0.15, -0.1) is 0 Å². The van der Waals surface area contributed by atoms with Crippen LogP contribution < -0.4 is 10.5 Å². The summed E-state index contributed by atoms with van der Waals surface area (Å²) in [5, 5.41) is 4.52. The molecule has 3 rings (SSSR count). The molecule has 0 saturated carbocycles. The number of ether oxygens (including phenoxy) is 1. The molecule has 0 unspecified atom stereocenters. The van der Waals surface area contributed by atoms with E-state index in [0.717, 1.165) is 22.5 Å². The van der Waals surface area contributed by atoms with Crippen LogP contribution >= 0.6 is 0 Å². The van der Waals surface area contributed by atoms with Crippen LogP contribution in [0.4, 0.5) is 0 Å². The zero-order valence-corrected chi connectivity index (χ0v) is 12.2. The molecular weight excluding hydrogens is 264 g/mol. The minimum atomic E-state index is 0.360. The van der Waals surface area contributed by atoms with Crippen molar-refractivity contribution < 1.29 is 4.74 Å². The third kappa shape index (κ3) is 2.73. The number of nitrogens with zero attached hydrogens (tertiary/aromatic N) is 3. The van der Waals surface area contributed by atoms with Crippen molar-refractivity contribution in [3.63, 3.8) is 0 Å². The van der Waals surface area contributed by atoms with E-state index in [1.54, 1.807) is 10.7 Å². The van der Waals surface area contributed by atoms with Gasteiger partial charge in [0.2, 0.25) is 5.88 Å². The molecule has 1 aromatic carbocycles. The summed E-state index contributed by atoms with van der Waals surface area (Å²) in [4.78, 5) is 4.32. The molecule has 2 N–H and O–H groups in total. The summed E-state index contributed by atoms with van der Waals surface area (Å²) in [5.74, 6) is 1.63. The zero-order valence-electron chi connectivity index (χ0n) is 12.2. The molecule has 0 saturated heterocycles. The summed E-state index contributed by atoms with van der Waals surface area (Å²) in [6.45, 7) is 4.71. The zero-order chi connectivity index (χ0) is 14.8. The summed E-state index contributed by atoms with van der Waals surface area (Å²) < 4.78 is 7.70. The van der Waals surface area contributed by atoms with Crippen LogP contribution in [0.2, 0.25) is 0 Å². The molecule has 2 aromatic heterocycles. The van der Waals surface area contributed by atoms with Gasteiger partial charge in [-0.25, -0.2) is 9.50 Å². The molecule has 5 heteroatoms. The standard InChI is InChI=1S/C16H18N4O/c1-11(2)14-9-15-16(18-6-7-20(15)19-14)21-13-5-3-4-12(8-13)10-17/h3-9,11H,10,17H2,1-2H3. The Labute approximate surface area is 123 Å². The summed E-state index contributed by atoms with van der Waals surface area (Å²) in [5.41, 5.74) is 8.56. The Balaban J connectivity index is 1.99. The van der Waals surface area contributed by atoms with Gasteiger partial charge in [0.05, 0.1) is 5.69 Å². The highest BCUT2D eigenvalue weighted by atomic mass is 16.5. The van der Waals surface area contributed by atoms with Crippen molar-refractivity contribution >= 4 is 5.52 Å². The minimum Gasteiger partial charge on any atom is -0.437 e. The van der Waals surface area contributed by atoms with Crippen LogP contribution in [0, 0.1) is 0 Å². The van der Waals surface area contributed by atoms with Gasteiger partial charge >= 0.3 is 0 Å². The van der Waals surface area contributed by atoms with Gasteiger partial charge in [0.15, 0.2) is 0 Å². The van der Waals surface area contributed by atoms with E-state index in [1.807, 2.05) is 36.5 Å². The van der Waals surface area contributed by atoms with Gasteiger partial charge in [0, 0.05) is 18.9 Å². The second kappa shape index (κ2) is 5.54. The van der Waals surface area contributed by atoms with Crippen molar-refractivity contribution in [3.8, 4) is 11.6 Å². The largest absolute Gasteiger partial charge is 0.437 e. The maximum Gasteiger partial charge on any atom is 0.245 e. The molecule has 0 aliphatic rings. The van der Waals surface area contributed by atoms with Crippen LogP contribution in [-0.2, 0) is 6.54 Å². The van der Waals surface area contributed by atoms with E-state index in [4.69, 9.17) is 10.5 Å². The van der Waals surface area contributed by atoms with Crippen LogP contribution in [0.5, 0.6) is 11.6 Å². The normalized spacial score (nSPS) is 11.2. The second-order valence-corrected chi connectivity index (χ2v) is 5.24. The Morgan fingerprint density at radius 3 is 2.90 bits per heavy atom. The monoisotopic (exact) mass is 282 g/mol. The van der Waals surface area contributed by atoms with Crippen LogP contribution in [0.3, 0.4) is 0 Å². The number of hydrogen-bond acceptors (Lipinski definition) is 4. The number of fused-ring (bicyclic) bond motifs is 1. The molecule has 108 valence electrons. The molecule has 0 fully saturated rings. The summed E-state index contributed by atoms with van der Waals surface area (Å²) >= 11 is 0. The lowest BCUT2D eigenvalue weighted by molar-refractivity contribution is 0.465. The van der Waals surface area contributed by atoms with E-state index in [2.05, 4.69) is 23.9 Å². The van der Waals surface area contributed by atoms with Crippen LogP contribution in [0.15, 0.2) is 42.7 Å². The highest BCUT2D eigenvalue weighted by molar-refractivity contribution is 5.58. The summed E-state index contributed by atoms with van der Waals surface area (Å²) in [6, 6.07) is 9.72. The van der Waals surface area contributed by atoms with E-state index in [0.29, 0.717) is 18.3 Å². The fourth-order valence-electron chi connectivity index (χ4n) is 2.13. The molecule has 0 aliphatic carbocycles. The van der Waals surface area contributed by atoms with Gasteiger partial charge in [-0.05, 0) is 29.7 Å². The highest BCUT2D eigenvalue weighted by Crippen LogP contribution is 2.26. The average Bonchev–Trinajstić information content (AvgIpc) is 2.93. The van der Waals surface area contributed by atoms with Crippen molar-refractivity contribution in [2.75, 3.05) is 0 Å². The fraction of sp³-hybridized carbons (Fsp3) is 0.250. The molecule has 0 aliphatic heterocycles. The number of nitrogens with two attached hydrogens (primary N) is 1. The predicted molar refractivity (Wildman–Crippen MR) is 81.5 cm³/mol. The van der Waals surface area contributed by atoms with Crippen molar-refractivity contribution in [1.82, 2.24) is 14.6 Å². The molecule has 0 spiro atoms. The second-order valence-electron chi connectivity index (χ2n) is 5.24. The summed E-state index contributed by atoms with van der Waals surface area (Å²) in [7, 11) is 0. The molecule has 21 heavy (non-hydrogen) atoms. The van der Waals surface area contributed by atoms with Crippen LogP contribution in [0.25, 0.3) is 5.52 Å². The molecule has 0 atom stereocenters. The third-order valence-corrected chi connectivity index (χ3v) is 3.31. The molecule has 5 nitrogen and oxygen atoms in total. The molecule has 3 aromatic rings. The van der Waals surface area contributed by atoms with Crippen LogP contribution in [-0.4, -0.2) is 14.6 Å². The Kier molecular flexibility index (Phi) is 3.58. The molecule has 2 heterocycles. The first-order chi connectivity index (χ1) is 10.2.